The predicted octanol–water partition coefficient (Wildman–Crippen LogP) is 6.38. The molecule has 1 aliphatic heterocycles. The van der Waals surface area contributed by atoms with Crippen molar-refractivity contribution in [3.05, 3.63) is 46.7 Å². The highest BCUT2D eigenvalue weighted by molar-refractivity contribution is 7.18. The number of hydrogen-bond donors (Lipinski definition) is 1. The van der Waals surface area contributed by atoms with Gasteiger partial charge in [-0.05, 0) is 57.1 Å². The number of hydrogen-bond acceptors (Lipinski definition) is 6. The van der Waals surface area contributed by atoms with Crippen LogP contribution < -0.4 is 5.32 Å². The summed E-state index contributed by atoms with van der Waals surface area (Å²) in [5.41, 5.74) is 3.90. The lowest BCUT2D eigenvalue weighted by Gasteiger charge is -2.38. The molecule has 0 amide bonds. The molecule has 4 heterocycles. The number of fused-ring (bicyclic) bond motifs is 2. The van der Waals surface area contributed by atoms with Crippen molar-refractivity contribution in [2.24, 2.45) is 0 Å². The first-order chi connectivity index (χ1) is 14.1. The van der Waals surface area contributed by atoms with E-state index in [1.165, 1.54) is 35.6 Å². The van der Waals surface area contributed by atoms with Gasteiger partial charge in [-0.25, -0.2) is 14.4 Å². The maximum Gasteiger partial charge on any atom is 0.148 e. The second kappa shape index (κ2) is 7.63. The molecule has 0 bridgehead atoms. The number of nitrogens with zero attached hydrogens (tertiary/aromatic N) is 3. The zero-order chi connectivity index (χ0) is 20.0. The second-order valence-corrected chi connectivity index (χ2v) is 9.57. The van der Waals surface area contributed by atoms with Crippen molar-refractivity contribution in [3.63, 3.8) is 0 Å². The summed E-state index contributed by atoms with van der Waals surface area (Å²) in [5, 5.41) is 4.35. The van der Waals surface area contributed by atoms with Gasteiger partial charge in [0.05, 0.1) is 27.1 Å². The second-order valence-electron chi connectivity index (χ2n) is 7.62. The van der Waals surface area contributed by atoms with E-state index in [-0.39, 0.29) is 5.82 Å². The Balaban J connectivity index is 1.51. The molecule has 0 aliphatic carbocycles. The maximum atomic E-state index is 14.6. The van der Waals surface area contributed by atoms with Gasteiger partial charge in [-0.3, -0.25) is 0 Å². The van der Waals surface area contributed by atoms with Crippen molar-refractivity contribution in [1.82, 2.24) is 14.9 Å². The SMILES string of the molecule is CCN1CCC[C@@H](c2cc3c(Nc4cc5ncsc5cc4F)ccnc3s2)[C@@H]1C. The van der Waals surface area contributed by atoms with Gasteiger partial charge in [-0.2, -0.15) is 0 Å². The lowest BCUT2D eigenvalue weighted by atomic mass is 9.89. The molecule has 1 N–H and O–H groups in total. The van der Waals surface area contributed by atoms with E-state index in [2.05, 4.69) is 40.1 Å². The van der Waals surface area contributed by atoms with Crippen molar-refractivity contribution in [3.8, 4) is 0 Å². The van der Waals surface area contributed by atoms with E-state index in [0.29, 0.717) is 17.6 Å². The molecule has 1 aromatic carbocycles. The fourth-order valence-corrected chi connectivity index (χ4v) is 6.35. The minimum atomic E-state index is -0.262. The minimum Gasteiger partial charge on any atom is -0.352 e. The number of halogens is 1. The summed E-state index contributed by atoms with van der Waals surface area (Å²) in [6, 6.07) is 8.04. The number of rotatable bonds is 4. The Labute approximate surface area is 177 Å². The quantitative estimate of drug-likeness (QED) is 0.411. The van der Waals surface area contributed by atoms with E-state index in [0.717, 1.165) is 32.7 Å². The number of likely N-dealkylation sites (N-methyl/N-ethyl adjacent to an activating group) is 1. The van der Waals surface area contributed by atoms with Gasteiger partial charge in [0.2, 0.25) is 0 Å². The van der Waals surface area contributed by atoms with E-state index < -0.39 is 0 Å². The first kappa shape index (κ1) is 18.9. The highest BCUT2D eigenvalue weighted by Crippen LogP contribution is 2.40. The van der Waals surface area contributed by atoms with Crippen LogP contribution in [0, 0.1) is 5.82 Å². The first-order valence-electron chi connectivity index (χ1n) is 10.1. The Morgan fingerprint density at radius 1 is 1.24 bits per heavy atom. The van der Waals surface area contributed by atoms with Crippen LogP contribution in [0.3, 0.4) is 0 Å². The molecule has 150 valence electrons. The molecule has 0 unspecified atom stereocenters. The van der Waals surface area contributed by atoms with Crippen molar-refractivity contribution < 1.29 is 4.39 Å². The van der Waals surface area contributed by atoms with Crippen LogP contribution in [0.25, 0.3) is 20.4 Å². The third-order valence-electron chi connectivity index (χ3n) is 6.03. The van der Waals surface area contributed by atoms with E-state index in [9.17, 15) is 4.39 Å². The van der Waals surface area contributed by atoms with Gasteiger partial charge >= 0.3 is 0 Å². The Hall–Kier alpha value is -2.09. The van der Waals surface area contributed by atoms with Crippen LogP contribution in [0.5, 0.6) is 0 Å². The molecule has 3 aromatic heterocycles. The molecule has 1 aliphatic rings. The fourth-order valence-electron chi connectivity index (χ4n) is 4.41. The number of aromatic nitrogens is 2. The first-order valence-corrected chi connectivity index (χ1v) is 11.8. The summed E-state index contributed by atoms with van der Waals surface area (Å²) in [7, 11) is 0. The number of anilines is 2. The molecule has 5 rings (SSSR count). The number of pyridine rings is 1. The van der Waals surface area contributed by atoms with Gasteiger partial charge in [0.25, 0.3) is 0 Å². The zero-order valence-corrected chi connectivity index (χ0v) is 18.1. The minimum absolute atomic E-state index is 0.262. The van der Waals surface area contributed by atoms with Gasteiger partial charge < -0.3 is 10.2 Å². The standard InChI is InChI=1S/C22H23FN4S2/c1-3-27-8-4-5-14(13(27)2)20-9-15-17(6-7-24-22(15)29-20)26-18-11-19-21(10-16(18)23)28-12-25-19/h6-7,9-14H,3-5,8H2,1-2H3,(H,24,26)/t13-,14+/m0/s1. The van der Waals surface area contributed by atoms with E-state index >= 15 is 0 Å². The van der Waals surface area contributed by atoms with Gasteiger partial charge in [0.1, 0.15) is 10.6 Å². The molecule has 2 atom stereocenters. The van der Waals surface area contributed by atoms with Crippen molar-refractivity contribution >= 4 is 54.5 Å². The average Bonchev–Trinajstić information content (AvgIpc) is 3.35. The van der Waals surface area contributed by atoms with Crippen LogP contribution in [-0.4, -0.2) is 34.0 Å². The molecular formula is C22H23FN4S2. The van der Waals surface area contributed by atoms with Gasteiger partial charge in [0, 0.05) is 28.4 Å². The summed E-state index contributed by atoms with van der Waals surface area (Å²) < 4.78 is 15.5. The van der Waals surface area contributed by atoms with Gasteiger partial charge in [-0.1, -0.05) is 6.92 Å². The smallest absolute Gasteiger partial charge is 0.148 e. The van der Waals surface area contributed by atoms with Gasteiger partial charge in [0.15, 0.2) is 0 Å². The van der Waals surface area contributed by atoms with Crippen LogP contribution in [0.2, 0.25) is 0 Å². The van der Waals surface area contributed by atoms with E-state index in [1.807, 2.05) is 6.07 Å². The zero-order valence-electron chi connectivity index (χ0n) is 16.5. The number of likely N-dealkylation sites (tertiary alicyclic amines) is 1. The molecular weight excluding hydrogens is 403 g/mol. The fraction of sp³-hybridized carbons (Fsp3) is 0.364. The largest absolute Gasteiger partial charge is 0.352 e. The average molecular weight is 427 g/mol. The number of nitrogens with one attached hydrogen (secondary N) is 1. The molecule has 0 spiro atoms. The molecule has 1 saturated heterocycles. The molecule has 0 radical (unpaired) electrons. The highest BCUT2D eigenvalue weighted by Gasteiger charge is 2.29. The third-order valence-corrected chi connectivity index (χ3v) is 8.00. The van der Waals surface area contributed by atoms with Gasteiger partial charge in [-0.15, -0.1) is 22.7 Å². The Bertz CT molecular complexity index is 1170. The monoisotopic (exact) mass is 426 g/mol. The van der Waals surface area contributed by atoms with Crippen LogP contribution in [0.15, 0.2) is 36.0 Å². The Kier molecular flexibility index (Phi) is 4.97. The Morgan fingerprint density at radius 2 is 2.14 bits per heavy atom. The van der Waals surface area contributed by atoms with Crippen molar-refractivity contribution in [2.75, 3.05) is 18.4 Å². The number of thiazole rings is 1. The summed E-state index contributed by atoms with van der Waals surface area (Å²) >= 11 is 3.22. The summed E-state index contributed by atoms with van der Waals surface area (Å²) in [4.78, 5) is 13.8. The molecule has 0 saturated carbocycles. The molecule has 7 heteroatoms. The molecule has 1 fully saturated rings. The normalized spacial score (nSPS) is 20.5. The van der Waals surface area contributed by atoms with Crippen LogP contribution in [-0.2, 0) is 0 Å². The summed E-state index contributed by atoms with van der Waals surface area (Å²) in [6.45, 7) is 6.85. The van der Waals surface area contributed by atoms with Crippen LogP contribution in [0.4, 0.5) is 15.8 Å². The van der Waals surface area contributed by atoms with Crippen LogP contribution >= 0.6 is 22.7 Å². The van der Waals surface area contributed by atoms with Crippen molar-refractivity contribution in [2.45, 2.75) is 38.6 Å². The maximum absolute atomic E-state index is 14.6. The van der Waals surface area contributed by atoms with Crippen LogP contribution in [0.1, 0.15) is 37.5 Å². The lowest BCUT2D eigenvalue weighted by molar-refractivity contribution is 0.148. The number of thiophene rings is 1. The highest BCUT2D eigenvalue weighted by atomic mass is 32.1. The predicted molar refractivity (Wildman–Crippen MR) is 121 cm³/mol. The van der Waals surface area contributed by atoms with Crippen molar-refractivity contribution in [1.29, 1.82) is 0 Å². The lowest BCUT2D eigenvalue weighted by Crippen LogP contribution is -2.41. The summed E-state index contributed by atoms with van der Waals surface area (Å²) in [6.07, 6.45) is 4.24. The van der Waals surface area contributed by atoms with E-state index in [4.69, 9.17) is 0 Å². The number of piperidine rings is 1. The summed E-state index contributed by atoms with van der Waals surface area (Å²) in [5.74, 6) is 0.264. The number of benzene rings is 1. The third kappa shape index (κ3) is 3.41. The molecule has 29 heavy (non-hydrogen) atoms. The topological polar surface area (TPSA) is 41.0 Å². The molecule has 4 nitrogen and oxygen atoms in total. The molecule has 4 aromatic rings. The van der Waals surface area contributed by atoms with E-state index in [1.54, 1.807) is 35.2 Å². The Morgan fingerprint density at radius 3 is 3.00 bits per heavy atom.